The van der Waals surface area contributed by atoms with Gasteiger partial charge in [0.15, 0.2) is 5.13 Å². The number of fused-ring (bicyclic) bond motifs is 1. The van der Waals surface area contributed by atoms with Crippen molar-refractivity contribution >= 4 is 32.8 Å². The van der Waals surface area contributed by atoms with Crippen molar-refractivity contribution in [3.8, 4) is 0 Å². The highest BCUT2D eigenvalue weighted by Crippen LogP contribution is 2.32. The Bertz CT molecular complexity index is 536. The second-order valence-electron chi connectivity index (χ2n) is 4.01. The van der Waals surface area contributed by atoms with Gasteiger partial charge in [-0.2, -0.15) is 0 Å². The minimum absolute atomic E-state index is 0.435. The average Bonchev–Trinajstić information content (AvgIpc) is 2.95. The van der Waals surface area contributed by atoms with Crippen LogP contribution in [-0.2, 0) is 4.79 Å². The third kappa shape index (κ3) is 1.74. The average molecular weight is 249 g/mol. The zero-order chi connectivity index (χ0) is 11.8. The van der Waals surface area contributed by atoms with Crippen molar-refractivity contribution < 1.29 is 9.90 Å². The number of aromatic nitrogens is 2. The first-order chi connectivity index (χ1) is 8.25. The van der Waals surface area contributed by atoms with Gasteiger partial charge in [0.05, 0.1) is 0 Å². The third-order valence-corrected chi connectivity index (χ3v) is 3.95. The van der Waals surface area contributed by atoms with E-state index in [4.69, 9.17) is 5.11 Å². The van der Waals surface area contributed by atoms with E-state index in [1.807, 2.05) is 17.0 Å². The van der Waals surface area contributed by atoms with Gasteiger partial charge in [0.25, 0.3) is 0 Å². The van der Waals surface area contributed by atoms with Gasteiger partial charge in [0, 0.05) is 12.7 Å². The Labute approximate surface area is 102 Å². The highest BCUT2D eigenvalue weighted by molar-refractivity contribution is 7.21. The maximum absolute atomic E-state index is 11.1. The quantitative estimate of drug-likeness (QED) is 0.878. The number of thiazole rings is 1. The summed E-state index contributed by atoms with van der Waals surface area (Å²) in [5, 5.41) is 9.91. The van der Waals surface area contributed by atoms with E-state index < -0.39 is 12.0 Å². The Morgan fingerprint density at radius 1 is 1.59 bits per heavy atom. The monoisotopic (exact) mass is 249 g/mol. The normalized spacial score (nSPS) is 20.0. The topological polar surface area (TPSA) is 66.3 Å². The number of hydrogen-bond acceptors (Lipinski definition) is 5. The molecule has 1 aliphatic heterocycles. The van der Waals surface area contributed by atoms with Crippen molar-refractivity contribution in [1.82, 2.24) is 9.97 Å². The number of carboxylic acid groups (broad SMARTS) is 1. The molecule has 2 aromatic heterocycles. The first-order valence-electron chi connectivity index (χ1n) is 5.47. The van der Waals surface area contributed by atoms with Crippen LogP contribution < -0.4 is 4.90 Å². The Kier molecular flexibility index (Phi) is 2.44. The van der Waals surface area contributed by atoms with Crippen molar-refractivity contribution in [3.05, 3.63) is 18.3 Å². The van der Waals surface area contributed by atoms with E-state index in [1.165, 1.54) is 11.3 Å². The van der Waals surface area contributed by atoms with Crippen LogP contribution in [0.1, 0.15) is 12.8 Å². The lowest BCUT2D eigenvalue weighted by Crippen LogP contribution is -2.35. The number of rotatable bonds is 2. The molecule has 3 heterocycles. The van der Waals surface area contributed by atoms with Crippen molar-refractivity contribution in [2.45, 2.75) is 18.9 Å². The molecule has 6 heteroatoms. The summed E-state index contributed by atoms with van der Waals surface area (Å²) in [6, 6.07) is 3.30. The summed E-state index contributed by atoms with van der Waals surface area (Å²) < 4.78 is 0. The summed E-state index contributed by atoms with van der Waals surface area (Å²) in [7, 11) is 0. The van der Waals surface area contributed by atoms with Gasteiger partial charge in [-0.1, -0.05) is 11.3 Å². The predicted octanol–water partition coefficient (Wildman–Crippen LogP) is 1.74. The van der Waals surface area contributed by atoms with Crippen LogP contribution in [0.3, 0.4) is 0 Å². The van der Waals surface area contributed by atoms with E-state index in [9.17, 15) is 4.79 Å². The zero-order valence-corrected chi connectivity index (χ0v) is 9.85. The van der Waals surface area contributed by atoms with Crippen molar-refractivity contribution in [3.63, 3.8) is 0 Å². The number of carboxylic acids is 1. The van der Waals surface area contributed by atoms with Gasteiger partial charge in [-0.05, 0) is 25.0 Å². The summed E-state index contributed by atoms with van der Waals surface area (Å²) in [4.78, 5) is 22.5. The largest absolute Gasteiger partial charge is 0.480 e. The van der Waals surface area contributed by atoms with Crippen molar-refractivity contribution in [1.29, 1.82) is 0 Å². The van der Waals surface area contributed by atoms with Crippen LogP contribution in [0, 0.1) is 0 Å². The molecule has 0 spiro atoms. The van der Waals surface area contributed by atoms with Gasteiger partial charge in [-0.25, -0.2) is 14.8 Å². The Morgan fingerprint density at radius 2 is 2.47 bits per heavy atom. The molecule has 0 aromatic carbocycles. The van der Waals surface area contributed by atoms with Crippen LogP contribution in [0.15, 0.2) is 18.3 Å². The lowest BCUT2D eigenvalue weighted by molar-refractivity contribution is -0.138. The predicted molar refractivity (Wildman–Crippen MR) is 65.4 cm³/mol. The van der Waals surface area contributed by atoms with E-state index in [0.717, 1.165) is 28.4 Å². The van der Waals surface area contributed by atoms with Crippen molar-refractivity contribution in [2.24, 2.45) is 0 Å². The van der Waals surface area contributed by atoms with Gasteiger partial charge in [0.2, 0.25) is 0 Å². The van der Waals surface area contributed by atoms with Gasteiger partial charge in [-0.15, -0.1) is 0 Å². The molecule has 0 radical (unpaired) electrons. The van der Waals surface area contributed by atoms with Gasteiger partial charge >= 0.3 is 5.97 Å². The smallest absolute Gasteiger partial charge is 0.326 e. The second-order valence-corrected chi connectivity index (χ2v) is 4.97. The van der Waals surface area contributed by atoms with E-state index in [-0.39, 0.29) is 0 Å². The molecule has 0 amide bonds. The maximum Gasteiger partial charge on any atom is 0.326 e. The van der Waals surface area contributed by atoms with Crippen LogP contribution in [0.4, 0.5) is 5.13 Å². The summed E-state index contributed by atoms with van der Waals surface area (Å²) in [5.74, 6) is -0.769. The zero-order valence-electron chi connectivity index (χ0n) is 9.04. The number of pyridine rings is 1. The molecule has 0 bridgehead atoms. The number of carbonyl (C=O) groups is 1. The summed E-state index contributed by atoms with van der Waals surface area (Å²) in [5.41, 5.74) is 0.837. The number of nitrogens with zero attached hydrogens (tertiary/aromatic N) is 3. The molecule has 88 valence electrons. The van der Waals surface area contributed by atoms with Crippen LogP contribution in [0.5, 0.6) is 0 Å². The minimum Gasteiger partial charge on any atom is -0.480 e. The van der Waals surface area contributed by atoms with E-state index in [0.29, 0.717) is 6.42 Å². The van der Waals surface area contributed by atoms with Crippen LogP contribution >= 0.6 is 11.3 Å². The fourth-order valence-electron chi connectivity index (χ4n) is 2.13. The third-order valence-electron chi connectivity index (χ3n) is 2.94. The van der Waals surface area contributed by atoms with Crippen LogP contribution in [-0.4, -0.2) is 33.6 Å². The molecule has 5 nitrogen and oxygen atoms in total. The molecule has 1 N–H and O–H groups in total. The molecule has 1 fully saturated rings. The summed E-state index contributed by atoms with van der Waals surface area (Å²) >= 11 is 1.46. The summed E-state index contributed by atoms with van der Waals surface area (Å²) in [6.45, 7) is 0.761. The molecule has 1 saturated heterocycles. The first kappa shape index (κ1) is 10.5. The molecule has 1 aliphatic rings. The molecule has 0 saturated carbocycles. The number of aliphatic carboxylic acids is 1. The molecular formula is C11H11N3O2S. The molecule has 1 atom stereocenters. The molecule has 2 aromatic rings. The molecule has 17 heavy (non-hydrogen) atoms. The van der Waals surface area contributed by atoms with E-state index in [1.54, 1.807) is 6.20 Å². The SMILES string of the molecule is O=C(O)[C@@H]1CCCN1c1nc2cccnc2s1. The lowest BCUT2D eigenvalue weighted by atomic mass is 10.2. The fraction of sp³-hybridized carbons (Fsp3) is 0.364. The van der Waals surface area contributed by atoms with E-state index >= 15 is 0 Å². The van der Waals surface area contributed by atoms with Gasteiger partial charge in [-0.3, -0.25) is 0 Å². The van der Waals surface area contributed by atoms with Gasteiger partial charge in [0.1, 0.15) is 16.4 Å². The van der Waals surface area contributed by atoms with Crippen LogP contribution in [0.2, 0.25) is 0 Å². The highest BCUT2D eigenvalue weighted by atomic mass is 32.1. The van der Waals surface area contributed by atoms with Crippen molar-refractivity contribution in [2.75, 3.05) is 11.4 Å². The standard InChI is InChI=1S/C11H11N3O2S/c15-10(16)8-4-2-6-14(8)11-13-7-3-1-5-12-9(7)17-11/h1,3,5,8H,2,4,6H2,(H,15,16)/t8-/m0/s1. The summed E-state index contributed by atoms with van der Waals surface area (Å²) in [6.07, 6.45) is 3.32. The Balaban J connectivity index is 2.00. The molecule has 0 unspecified atom stereocenters. The maximum atomic E-state index is 11.1. The molecule has 3 rings (SSSR count). The number of anilines is 1. The Hall–Kier alpha value is -1.69. The first-order valence-corrected chi connectivity index (χ1v) is 6.28. The highest BCUT2D eigenvalue weighted by Gasteiger charge is 2.32. The molecular weight excluding hydrogens is 238 g/mol. The number of hydrogen-bond donors (Lipinski definition) is 1. The Morgan fingerprint density at radius 3 is 3.24 bits per heavy atom. The minimum atomic E-state index is -0.769. The van der Waals surface area contributed by atoms with E-state index in [2.05, 4.69) is 9.97 Å². The fourth-order valence-corrected chi connectivity index (χ4v) is 3.12. The van der Waals surface area contributed by atoms with Gasteiger partial charge < -0.3 is 10.0 Å². The second kappa shape index (κ2) is 3.96. The molecule has 0 aliphatic carbocycles. The lowest BCUT2D eigenvalue weighted by Gasteiger charge is -2.19. The van der Waals surface area contributed by atoms with Crippen LogP contribution in [0.25, 0.3) is 10.3 Å².